The van der Waals surface area contributed by atoms with Gasteiger partial charge in [-0.05, 0) is 26.2 Å². The second-order valence-electron chi connectivity index (χ2n) is 5.40. The lowest BCUT2D eigenvalue weighted by Gasteiger charge is -2.24. The number of methoxy groups -OCH3 is 2. The zero-order valence-corrected chi connectivity index (χ0v) is 17.9. The van der Waals surface area contributed by atoms with Crippen molar-refractivity contribution in [2.75, 3.05) is 34.1 Å². The highest BCUT2D eigenvalue weighted by Crippen LogP contribution is 2.30. The first-order chi connectivity index (χ1) is 10.5. The van der Waals surface area contributed by atoms with E-state index in [1.54, 1.807) is 21.3 Å². The number of hydrogen-bond acceptors (Lipinski definition) is 4. The van der Waals surface area contributed by atoms with E-state index in [0.717, 1.165) is 29.6 Å². The van der Waals surface area contributed by atoms with Gasteiger partial charge in [-0.1, -0.05) is 12.1 Å². The van der Waals surface area contributed by atoms with E-state index >= 15 is 0 Å². The van der Waals surface area contributed by atoms with Gasteiger partial charge in [0.2, 0.25) is 0 Å². The van der Waals surface area contributed by atoms with Crippen molar-refractivity contribution in [2.24, 2.45) is 4.99 Å². The molecule has 2 N–H and O–H groups in total. The minimum absolute atomic E-state index is 0. The summed E-state index contributed by atoms with van der Waals surface area (Å²) in [4.78, 5) is 4.25. The molecule has 1 rings (SSSR count). The standard InChI is InChI=1S/C16H27N3O2S.HI/c1-16(2,22-6)11-19-15(17-3)18-10-12-8-7-9-13(20-4)14(12)21-5;/h7-9H,10-11H2,1-6H3,(H2,17,18,19);1H. The van der Waals surface area contributed by atoms with E-state index in [4.69, 9.17) is 9.47 Å². The van der Waals surface area contributed by atoms with Gasteiger partial charge in [-0.25, -0.2) is 0 Å². The molecule has 0 aliphatic heterocycles. The molecule has 0 heterocycles. The monoisotopic (exact) mass is 453 g/mol. The SMILES string of the molecule is CN=C(NCc1cccc(OC)c1OC)NCC(C)(C)SC.I. The van der Waals surface area contributed by atoms with E-state index in [9.17, 15) is 0 Å². The van der Waals surface area contributed by atoms with Crippen LogP contribution in [0.3, 0.4) is 0 Å². The Morgan fingerprint density at radius 1 is 1.22 bits per heavy atom. The molecule has 7 heteroatoms. The van der Waals surface area contributed by atoms with Gasteiger partial charge >= 0.3 is 0 Å². The summed E-state index contributed by atoms with van der Waals surface area (Å²) >= 11 is 1.82. The molecule has 132 valence electrons. The van der Waals surface area contributed by atoms with Gasteiger partial charge in [0.15, 0.2) is 17.5 Å². The number of nitrogens with zero attached hydrogens (tertiary/aromatic N) is 1. The van der Waals surface area contributed by atoms with Gasteiger partial charge in [0, 0.05) is 30.4 Å². The van der Waals surface area contributed by atoms with Crippen molar-refractivity contribution in [3.05, 3.63) is 23.8 Å². The van der Waals surface area contributed by atoms with Crippen LogP contribution in [0.2, 0.25) is 0 Å². The van der Waals surface area contributed by atoms with Crippen molar-refractivity contribution in [1.29, 1.82) is 0 Å². The minimum atomic E-state index is 0. The zero-order valence-electron chi connectivity index (χ0n) is 14.7. The Kier molecular flexibility index (Phi) is 10.5. The maximum Gasteiger partial charge on any atom is 0.191 e. The maximum atomic E-state index is 5.44. The average molecular weight is 453 g/mol. The van der Waals surface area contributed by atoms with Crippen LogP contribution in [-0.2, 0) is 6.54 Å². The molecule has 0 atom stereocenters. The number of guanidine groups is 1. The molecule has 0 radical (unpaired) electrons. The number of hydrogen-bond donors (Lipinski definition) is 2. The van der Waals surface area contributed by atoms with Crippen molar-refractivity contribution < 1.29 is 9.47 Å². The highest BCUT2D eigenvalue weighted by Gasteiger charge is 2.16. The molecule has 1 aromatic carbocycles. The van der Waals surface area contributed by atoms with Gasteiger partial charge < -0.3 is 20.1 Å². The highest BCUT2D eigenvalue weighted by molar-refractivity contribution is 14.0. The second kappa shape index (κ2) is 10.9. The van der Waals surface area contributed by atoms with Crippen molar-refractivity contribution >= 4 is 41.7 Å². The van der Waals surface area contributed by atoms with Crippen molar-refractivity contribution in [1.82, 2.24) is 10.6 Å². The van der Waals surface area contributed by atoms with Crippen LogP contribution >= 0.6 is 35.7 Å². The lowest BCUT2D eigenvalue weighted by molar-refractivity contribution is 0.351. The normalized spacial score (nSPS) is 11.5. The Hall–Kier alpha value is -0.830. The molecule has 0 amide bonds. The Balaban J connectivity index is 0.00000484. The summed E-state index contributed by atoms with van der Waals surface area (Å²) in [6.45, 7) is 5.84. The third-order valence-electron chi connectivity index (χ3n) is 3.39. The third-order valence-corrected chi connectivity index (χ3v) is 4.64. The number of ether oxygens (including phenoxy) is 2. The van der Waals surface area contributed by atoms with Crippen molar-refractivity contribution in [3.8, 4) is 11.5 Å². The van der Waals surface area contributed by atoms with E-state index in [-0.39, 0.29) is 28.7 Å². The van der Waals surface area contributed by atoms with E-state index in [0.29, 0.717) is 6.54 Å². The molecule has 1 aromatic rings. The number of nitrogens with one attached hydrogen (secondary N) is 2. The molecule has 0 fully saturated rings. The topological polar surface area (TPSA) is 54.9 Å². The fourth-order valence-corrected chi connectivity index (χ4v) is 2.08. The van der Waals surface area contributed by atoms with Gasteiger partial charge in [0.25, 0.3) is 0 Å². The summed E-state index contributed by atoms with van der Waals surface area (Å²) in [7, 11) is 5.06. The van der Waals surface area contributed by atoms with Gasteiger partial charge in [0.05, 0.1) is 14.2 Å². The van der Waals surface area contributed by atoms with Crippen LogP contribution < -0.4 is 20.1 Å². The number of benzene rings is 1. The van der Waals surface area contributed by atoms with Crippen LogP contribution in [0.15, 0.2) is 23.2 Å². The van der Waals surface area contributed by atoms with E-state index in [2.05, 4.69) is 35.7 Å². The largest absolute Gasteiger partial charge is 0.493 e. The van der Waals surface area contributed by atoms with Crippen molar-refractivity contribution in [2.45, 2.75) is 25.1 Å². The van der Waals surface area contributed by atoms with Crippen LogP contribution in [0.5, 0.6) is 11.5 Å². The molecular formula is C16H28IN3O2S. The summed E-state index contributed by atoms with van der Waals surface area (Å²) in [5.74, 6) is 2.25. The zero-order chi connectivity index (χ0) is 16.6. The van der Waals surface area contributed by atoms with Crippen molar-refractivity contribution in [3.63, 3.8) is 0 Å². The Labute approximate surface area is 161 Å². The molecule has 0 saturated heterocycles. The highest BCUT2D eigenvalue weighted by atomic mass is 127. The summed E-state index contributed by atoms with van der Waals surface area (Å²) in [6.07, 6.45) is 2.11. The molecule has 0 aliphatic carbocycles. The lowest BCUT2D eigenvalue weighted by Crippen LogP contribution is -2.43. The van der Waals surface area contributed by atoms with E-state index < -0.39 is 0 Å². The van der Waals surface area contributed by atoms with Crippen LogP contribution in [0.4, 0.5) is 0 Å². The minimum Gasteiger partial charge on any atom is -0.493 e. The molecule has 0 saturated carbocycles. The fourth-order valence-electron chi connectivity index (χ4n) is 1.86. The first-order valence-corrected chi connectivity index (χ1v) is 8.39. The number of aliphatic imine (C=N–C) groups is 1. The molecular weight excluding hydrogens is 425 g/mol. The first kappa shape index (κ1) is 22.2. The van der Waals surface area contributed by atoms with E-state index in [1.807, 2.05) is 30.0 Å². The summed E-state index contributed by atoms with van der Waals surface area (Å²) in [6, 6.07) is 5.84. The molecule has 0 aliphatic rings. The van der Waals surface area contributed by atoms with Crippen LogP contribution in [0.25, 0.3) is 0 Å². The number of halogens is 1. The van der Waals surface area contributed by atoms with Crippen LogP contribution in [0, 0.1) is 0 Å². The molecule has 0 spiro atoms. The predicted octanol–water partition coefficient (Wildman–Crippen LogP) is 3.13. The average Bonchev–Trinajstić information content (AvgIpc) is 2.54. The predicted molar refractivity (Wildman–Crippen MR) is 111 cm³/mol. The first-order valence-electron chi connectivity index (χ1n) is 7.17. The third kappa shape index (κ3) is 7.07. The summed E-state index contributed by atoms with van der Waals surface area (Å²) in [5.41, 5.74) is 1.02. The van der Waals surface area contributed by atoms with Crippen LogP contribution in [-0.4, -0.2) is 44.8 Å². The maximum absolute atomic E-state index is 5.44. The smallest absolute Gasteiger partial charge is 0.191 e. The second-order valence-corrected chi connectivity index (χ2v) is 6.91. The summed E-state index contributed by atoms with van der Waals surface area (Å²) in [5, 5.41) is 6.65. The molecule has 5 nitrogen and oxygen atoms in total. The molecule has 0 aromatic heterocycles. The van der Waals surface area contributed by atoms with E-state index in [1.165, 1.54) is 0 Å². The Bertz CT molecular complexity index is 510. The number of rotatable bonds is 7. The van der Waals surface area contributed by atoms with Crippen LogP contribution in [0.1, 0.15) is 19.4 Å². The molecule has 0 unspecified atom stereocenters. The molecule has 23 heavy (non-hydrogen) atoms. The Morgan fingerprint density at radius 2 is 1.91 bits per heavy atom. The lowest BCUT2D eigenvalue weighted by atomic mass is 10.2. The van der Waals surface area contributed by atoms with Gasteiger partial charge in [-0.2, -0.15) is 11.8 Å². The quantitative estimate of drug-likeness (QED) is 0.378. The number of para-hydroxylation sites is 1. The number of thioether (sulfide) groups is 1. The van der Waals surface area contributed by atoms with Gasteiger partial charge in [-0.3, -0.25) is 4.99 Å². The van der Waals surface area contributed by atoms with Gasteiger partial charge in [-0.15, -0.1) is 24.0 Å². The molecule has 0 bridgehead atoms. The summed E-state index contributed by atoms with van der Waals surface area (Å²) < 4.78 is 10.9. The van der Waals surface area contributed by atoms with Gasteiger partial charge in [0.1, 0.15) is 0 Å². The fraction of sp³-hybridized carbons (Fsp3) is 0.562. The Morgan fingerprint density at radius 3 is 2.43 bits per heavy atom.